The average Bonchev–Trinajstić information content (AvgIpc) is 3.79. The van der Waals surface area contributed by atoms with Crippen LogP contribution in [0.2, 0.25) is 0 Å². The van der Waals surface area contributed by atoms with Crippen molar-refractivity contribution in [3.63, 3.8) is 0 Å². The standard InChI is InChI=1S/C48H43F6N9O4/c1-63(2,21-5-19-59-27-37-39(43(59)64)41(31-15-11-29(25-55)12-16-31)57-45(66)61(37)35-9-3-7-33(23-35)47(49,50)51)22-6-20-60-28-38-40(44(60)65)42(32-17-13-30(26-56)14-18-32)58-46(67)62(38)36-10-4-8-34(24-36)48(52,53)54/h3-4,7-13,15-18,23-24,30,41-42H,5-6,14,19-22,27-28H2,1-2H3,(H-,57,58,66,67)/p+1/t30?,41-,42-/m1/s1. The second-order valence-electron chi connectivity index (χ2n) is 17.6. The van der Waals surface area contributed by atoms with Crippen LogP contribution in [-0.2, 0) is 21.9 Å². The van der Waals surface area contributed by atoms with E-state index in [-0.39, 0.29) is 71.9 Å². The summed E-state index contributed by atoms with van der Waals surface area (Å²) in [5, 5.41) is 24.3. The Hall–Kier alpha value is -7.38. The molecule has 0 aromatic heterocycles. The van der Waals surface area contributed by atoms with Crippen molar-refractivity contribution < 1.29 is 50.0 Å². The van der Waals surface area contributed by atoms with Crippen LogP contribution in [0.3, 0.4) is 0 Å². The van der Waals surface area contributed by atoms with Gasteiger partial charge in [-0.25, -0.2) is 9.59 Å². The average molecular weight is 925 g/mol. The van der Waals surface area contributed by atoms with Gasteiger partial charge in [-0.15, -0.1) is 0 Å². The van der Waals surface area contributed by atoms with Crippen LogP contribution < -0.4 is 20.4 Å². The highest BCUT2D eigenvalue weighted by Gasteiger charge is 2.47. The molecule has 4 heterocycles. The molecule has 3 atom stereocenters. The minimum absolute atomic E-state index is 0.0351. The van der Waals surface area contributed by atoms with Crippen LogP contribution in [0.4, 0.5) is 47.3 Å². The van der Waals surface area contributed by atoms with Crippen LogP contribution >= 0.6 is 0 Å². The van der Waals surface area contributed by atoms with E-state index < -0.39 is 53.5 Å². The number of nitrogens with one attached hydrogen (secondary N) is 2. The van der Waals surface area contributed by atoms with Crippen LogP contribution in [0, 0.1) is 28.6 Å². The molecule has 3 aromatic rings. The molecule has 13 nitrogen and oxygen atoms in total. The number of rotatable bonds is 12. The van der Waals surface area contributed by atoms with Crippen LogP contribution in [0.5, 0.6) is 0 Å². The Balaban J connectivity index is 0.946. The summed E-state index contributed by atoms with van der Waals surface area (Å²) in [5.74, 6) is -1.16. The van der Waals surface area contributed by atoms with Gasteiger partial charge in [-0.3, -0.25) is 19.4 Å². The summed E-state index contributed by atoms with van der Waals surface area (Å²) < 4.78 is 83.1. The fourth-order valence-electron chi connectivity index (χ4n) is 9.23. The van der Waals surface area contributed by atoms with Gasteiger partial charge in [0.05, 0.1) is 121 Å². The quantitative estimate of drug-likeness (QED) is 0.142. The predicted molar refractivity (Wildman–Crippen MR) is 232 cm³/mol. The van der Waals surface area contributed by atoms with Crippen molar-refractivity contribution in [3.05, 3.63) is 141 Å². The molecular weight excluding hydrogens is 881 g/mol. The van der Waals surface area contributed by atoms with Gasteiger partial charge in [0.2, 0.25) is 0 Å². The van der Waals surface area contributed by atoms with Gasteiger partial charge in [-0.1, -0.05) is 42.5 Å². The number of urea groups is 2. The van der Waals surface area contributed by atoms with Crippen molar-refractivity contribution in [2.24, 2.45) is 5.92 Å². The highest BCUT2D eigenvalue weighted by molar-refractivity contribution is 6.09. The first-order chi connectivity index (χ1) is 31.8. The number of quaternary nitrogens is 1. The van der Waals surface area contributed by atoms with E-state index in [4.69, 9.17) is 0 Å². The number of allylic oxidation sites excluding steroid dienone is 2. The van der Waals surface area contributed by atoms with Gasteiger partial charge in [0.15, 0.2) is 0 Å². The van der Waals surface area contributed by atoms with Gasteiger partial charge in [0, 0.05) is 25.9 Å². The Kier molecular flexibility index (Phi) is 12.3. The van der Waals surface area contributed by atoms with Gasteiger partial charge in [-0.2, -0.15) is 36.9 Å². The van der Waals surface area contributed by atoms with E-state index >= 15 is 0 Å². The SMILES string of the molecule is C[N+](C)(CCCN1CC2=C(C1=O)[C@@H](C1=CCC(C#N)C=C1)NC(=O)N2c1cccc(C(F)(F)F)c1)CCCN1CC2=C(C1=O)[C@@H](c1ccc(C#N)cc1)NC(=O)N2c1cccc(C(F)(F)F)c1. The fourth-order valence-corrected chi connectivity index (χ4v) is 9.23. The molecule has 0 bridgehead atoms. The molecule has 0 saturated carbocycles. The Labute approximate surface area is 381 Å². The summed E-state index contributed by atoms with van der Waals surface area (Å²) in [6, 6.07) is 16.0. The van der Waals surface area contributed by atoms with E-state index in [9.17, 15) is 56.0 Å². The minimum Gasteiger partial charge on any atom is -0.333 e. The number of amides is 6. The first kappa shape index (κ1) is 46.2. The Bertz CT molecular complexity index is 2750. The third kappa shape index (κ3) is 9.24. The van der Waals surface area contributed by atoms with Crippen LogP contribution in [0.1, 0.15) is 47.6 Å². The monoisotopic (exact) mass is 924 g/mol. The second-order valence-corrected chi connectivity index (χ2v) is 17.6. The number of benzene rings is 3. The third-order valence-electron chi connectivity index (χ3n) is 12.6. The van der Waals surface area contributed by atoms with Crippen molar-refractivity contribution in [2.75, 3.05) is 63.2 Å². The molecule has 6 amide bonds. The summed E-state index contributed by atoms with van der Waals surface area (Å²) in [6.07, 6.45) is -2.88. The van der Waals surface area contributed by atoms with Crippen LogP contribution in [0.25, 0.3) is 0 Å². The zero-order chi connectivity index (χ0) is 48.0. The molecule has 1 unspecified atom stereocenters. The van der Waals surface area contributed by atoms with E-state index in [1.165, 1.54) is 24.3 Å². The summed E-state index contributed by atoms with van der Waals surface area (Å²) in [4.78, 5) is 61.3. The molecule has 1 aliphatic carbocycles. The lowest BCUT2D eigenvalue weighted by molar-refractivity contribution is -0.890. The van der Waals surface area contributed by atoms with Gasteiger partial charge in [0.1, 0.15) is 0 Å². The van der Waals surface area contributed by atoms with Crippen molar-refractivity contribution in [1.82, 2.24) is 20.4 Å². The Morgan fingerprint density at radius 1 is 0.701 bits per heavy atom. The molecule has 2 N–H and O–H groups in total. The summed E-state index contributed by atoms with van der Waals surface area (Å²) in [5.41, 5.74) is 0.389. The number of hydrogen-bond donors (Lipinski definition) is 2. The molecule has 346 valence electrons. The summed E-state index contributed by atoms with van der Waals surface area (Å²) >= 11 is 0. The molecule has 0 spiro atoms. The molecule has 5 aliphatic rings. The Morgan fingerprint density at radius 2 is 1.19 bits per heavy atom. The van der Waals surface area contributed by atoms with E-state index in [1.807, 2.05) is 20.2 Å². The van der Waals surface area contributed by atoms with Gasteiger partial charge in [0.25, 0.3) is 11.8 Å². The van der Waals surface area contributed by atoms with E-state index in [0.29, 0.717) is 53.5 Å². The number of alkyl halides is 6. The van der Waals surface area contributed by atoms with E-state index in [1.54, 1.807) is 52.3 Å². The summed E-state index contributed by atoms with van der Waals surface area (Å²) in [6.45, 7) is 1.52. The second kappa shape index (κ2) is 17.8. The number of carbonyl (C=O) groups is 4. The number of anilines is 2. The number of halogens is 6. The maximum Gasteiger partial charge on any atom is 0.416 e. The molecule has 19 heteroatoms. The molecule has 67 heavy (non-hydrogen) atoms. The number of hydrogen-bond acceptors (Lipinski definition) is 6. The zero-order valence-corrected chi connectivity index (χ0v) is 36.3. The predicted octanol–water partition coefficient (Wildman–Crippen LogP) is 7.54. The maximum atomic E-state index is 14.2. The summed E-state index contributed by atoms with van der Waals surface area (Å²) in [7, 11) is 3.96. The van der Waals surface area contributed by atoms with Crippen LogP contribution in [0.15, 0.2) is 119 Å². The first-order valence-corrected chi connectivity index (χ1v) is 21.5. The van der Waals surface area contributed by atoms with E-state index in [0.717, 1.165) is 34.1 Å². The maximum absolute atomic E-state index is 14.2. The van der Waals surface area contributed by atoms with Gasteiger partial charge < -0.3 is 24.9 Å². The highest BCUT2D eigenvalue weighted by Crippen LogP contribution is 2.42. The number of carbonyl (C=O) groups excluding carboxylic acids is 4. The highest BCUT2D eigenvalue weighted by atomic mass is 19.4. The molecule has 3 aromatic carbocycles. The van der Waals surface area contributed by atoms with E-state index in [2.05, 4.69) is 16.7 Å². The minimum atomic E-state index is -4.68. The molecule has 0 saturated heterocycles. The molecule has 0 radical (unpaired) electrons. The smallest absolute Gasteiger partial charge is 0.333 e. The van der Waals surface area contributed by atoms with Gasteiger partial charge in [-0.05, 0) is 66.1 Å². The number of nitrogens with zero attached hydrogens (tertiary/aromatic N) is 7. The lowest BCUT2D eigenvalue weighted by Crippen LogP contribution is -2.52. The third-order valence-corrected chi connectivity index (χ3v) is 12.6. The van der Waals surface area contributed by atoms with Gasteiger partial charge >= 0.3 is 24.4 Å². The lowest BCUT2D eigenvalue weighted by Gasteiger charge is -2.34. The van der Waals surface area contributed by atoms with Crippen LogP contribution in [-0.4, -0.2) is 97.6 Å². The lowest BCUT2D eigenvalue weighted by atomic mass is 9.89. The number of nitriles is 2. The first-order valence-electron chi connectivity index (χ1n) is 21.5. The van der Waals surface area contributed by atoms with Crippen molar-refractivity contribution >= 4 is 35.3 Å². The molecule has 4 aliphatic heterocycles. The zero-order valence-electron chi connectivity index (χ0n) is 36.3. The Morgan fingerprint density at radius 3 is 1.64 bits per heavy atom. The van der Waals surface area contributed by atoms with Crippen molar-refractivity contribution in [1.29, 1.82) is 10.5 Å². The topological polar surface area (TPSA) is 153 Å². The molecule has 0 fully saturated rings. The van der Waals surface area contributed by atoms with Crippen molar-refractivity contribution in [3.8, 4) is 12.1 Å². The largest absolute Gasteiger partial charge is 0.416 e. The molecular formula is C48H44F6N9O4+. The van der Waals surface area contributed by atoms with Crippen molar-refractivity contribution in [2.45, 2.75) is 43.7 Å². The fraction of sp³-hybridized carbons (Fsp3) is 0.333. The molecule has 8 rings (SSSR count). The normalized spacial score (nSPS) is 21.0.